The van der Waals surface area contributed by atoms with E-state index in [0.717, 1.165) is 23.3 Å². The summed E-state index contributed by atoms with van der Waals surface area (Å²) < 4.78 is 0. The largest absolute Gasteiger partial charge is 0.295 e. The highest BCUT2D eigenvalue weighted by molar-refractivity contribution is 7.17. The minimum Gasteiger partial charge on any atom is -0.295 e. The van der Waals surface area contributed by atoms with Crippen LogP contribution < -0.4 is 0 Å². The summed E-state index contributed by atoms with van der Waals surface area (Å²) >= 11 is 1.58. The van der Waals surface area contributed by atoms with Crippen molar-refractivity contribution >= 4 is 22.9 Å². The van der Waals surface area contributed by atoms with Crippen LogP contribution in [0.1, 0.15) is 58.9 Å². The maximum atomic E-state index is 11.7. The topological polar surface area (TPSA) is 34.1 Å². The van der Waals surface area contributed by atoms with Crippen LogP contribution in [0.25, 0.3) is 10.4 Å². The van der Waals surface area contributed by atoms with Gasteiger partial charge in [0.15, 0.2) is 11.6 Å². The van der Waals surface area contributed by atoms with Crippen molar-refractivity contribution in [2.75, 3.05) is 0 Å². The molecular weight excluding hydrogens is 292 g/mol. The first kappa shape index (κ1) is 15.2. The summed E-state index contributed by atoms with van der Waals surface area (Å²) in [5, 5.41) is 0. The molecule has 1 aliphatic rings. The molecule has 114 valence electrons. The van der Waals surface area contributed by atoms with E-state index in [1.165, 1.54) is 21.6 Å². The molecule has 1 aromatic carbocycles. The first-order valence-electron chi connectivity index (χ1n) is 7.55. The molecule has 0 fully saturated rings. The van der Waals surface area contributed by atoms with Crippen molar-refractivity contribution in [3.63, 3.8) is 0 Å². The second-order valence-electron chi connectivity index (χ2n) is 6.97. The monoisotopic (exact) mass is 312 g/mol. The van der Waals surface area contributed by atoms with Gasteiger partial charge in [-0.1, -0.05) is 26.0 Å². The molecule has 0 amide bonds. The number of hydrogen-bond acceptors (Lipinski definition) is 3. The van der Waals surface area contributed by atoms with Crippen molar-refractivity contribution < 1.29 is 9.59 Å². The van der Waals surface area contributed by atoms with E-state index in [-0.39, 0.29) is 17.0 Å². The molecule has 0 spiro atoms. The summed E-state index contributed by atoms with van der Waals surface area (Å²) in [5.74, 6) is 0.221. The van der Waals surface area contributed by atoms with Crippen molar-refractivity contribution in [2.24, 2.45) is 5.41 Å². The Labute approximate surface area is 135 Å². The Morgan fingerprint density at radius 1 is 1.00 bits per heavy atom. The predicted molar refractivity (Wildman–Crippen MR) is 91.0 cm³/mol. The number of ketones is 2. The van der Waals surface area contributed by atoms with E-state index in [4.69, 9.17) is 0 Å². The number of benzene rings is 1. The Balaban J connectivity index is 2.23. The zero-order chi connectivity index (χ0) is 16.1. The summed E-state index contributed by atoms with van der Waals surface area (Å²) in [6, 6.07) is 8.03. The first-order chi connectivity index (χ1) is 10.3. The smallest absolute Gasteiger partial charge is 0.169 e. The van der Waals surface area contributed by atoms with Gasteiger partial charge in [0, 0.05) is 10.4 Å². The highest BCUT2D eigenvalue weighted by Crippen LogP contribution is 2.44. The summed E-state index contributed by atoms with van der Waals surface area (Å²) in [7, 11) is 0. The normalized spacial score (nSPS) is 15.6. The predicted octanol–water partition coefficient (Wildman–Crippen LogP) is 4.95. The van der Waals surface area contributed by atoms with Crippen molar-refractivity contribution in [3.05, 3.63) is 45.8 Å². The molecular formula is C19H20O2S. The molecule has 2 aromatic rings. The minimum absolute atomic E-state index is 0.0979. The van der Waals surface area contributed by atoms with Gasteiger partial charge < -0.3 is 0 Å². The SMILES string of the molecule is CC(=O)c1ccc2c(c1)CC(C)(C)Cc1cc(C(C)=O)sc1-2. The van der Waals surface area contributed by atoms with Gasteiger partial charge in [-0.3, -0.25) is 9.59 Å². The number of carbonyl (C=O) groups excluding carboxylic acids is 2. The Bertz CT molecular complexity index is 781. The number of rotatable bonds is 2. The molecule has 0 atom stereocenters. The molecule has 0 saturated carbocycles. The second kappa shape index (κ2) is 5.17. The molecule has 0 unspecified atom stereocenters. The summed E-state index contributed by atoms with van der Waals surface area (Å²) in [6.07, 6.45) is 1.90. The third-order valence-corrected chi connectivity index (χ3v) is 5.56. The molecule has 1 aliphatic carbocycles. The fourth-order valence-electron chi connectivity index (χ4n) is 3.24. The summed E-state index contributed by atoms with van der Waals surface area (Å²) in [6.45, 7) is 7.72. The molecule has 22 heavy (non-hydrogen) atoms. The molecule has 0 radical (unpaired) electrons. The highest BCUT2D eigenvalue weighted by atomic mass is 32.1. The van der Waals surface area contributed by atoms with Gasteiger partial charge in [0.1, 0.15) is 0 Å². The average molecular weight is 312 g/mol. The standard InChI is InChI=1S/C19H20O2S/c1-11(20)13-5-6-16-14(7-13)9-19(3,4)10-15-8-17(12(2)21)22-18(15)16/h5-8H,9-10H2,1-4H3. The quantitative estimate of drug-likeness (QED) is 0.736. The first-order valence-corrected chi connectivity index (χ1v) is 8.36. The number of thiophene rings is 1. The molecule has 1 heterocycles. The van der Waals surface area contributed by atoms with Gasteiger partial charge in [0.05, 0.1) is 4.88 Å². The van der Waals surface area contributed by atoms with Gasteiger partial charge in [-0.2, -0.15) is 0 Å². The van der Waals surface area contributed by atoms with E-state index in [0.29, 0.717) is 0 Å². The summed E-state index contributed by atoms with van der Waals surface area (Å²) in [4.78, 5) is 25.4. The fraction of sp³-hybridized carbons (Fsp3) is 0.368. The third-order valence-electron chi connectivity index (χ3n) is 4.25. The van der Waals surface area contributed by atoms with Crippen LogP contribution in [0, 0.1) is 5.41 Å². The molecule has 3 rings (SSSR count). The Morgan fingerprint density at radius 3 is 2.32 bits per heavy atom. The number of carbonyl (C=O) groups is 2. The molecule has 0 N–H and O–H groups in total. The van der Waals surface area contributed by atoms with Crippen LogP contribution in [0.4, 0.5) is 0 Å². The lowest BCUT2D eigenvalue weighted by atomic mass is 9.82. The van der Waals surface area contributed by atoms with Gasteiger partial charge in [-0.25, -0.2) is 0 Å². The molecule has 2 nitrogen and oxygen atoms in total. The Hall–Kier alpha value is -1.74. The lowest BCUT2D eigenvalue weighted by molar-refractivity contribution is 0.101. The van der Waals surface area contributed by atoms with E-state index >= 15 is 0 Å². The van der Waals surface area contributed by atoms with Crippen molar-refractivity contribution in [1.82, 2.24) is 0 Å². The maximum Gasteiger partial charge on any atom is 0.169 e. The van der Waals surface area contributed by atoms with E-state index in [1.807, 2.05) is 18.2 Å². The number of Topliss-reactive ketones (excluding diaryl/α,β-unsaturated/α-hetero) is 2. The second-order valence-corrected chi connectivity index (χ2v) is 8.02. The molecule has 0 bridgehead atoms. The highest BCUT2D eigenvalue weighted by Gasteiger charge is 2.29. The molecule has 1 aromatic heterocycles. The lowest BCUT2D eigenvalue weighted by Crippen LogP contribution is -2.17. The van der Waals surface area contributed by atoms with E-state index in [2.05, 4.69) is 19.9 Å². The van der Waals surface area contributed by atoms with Crippen LogP contribution in [0.2, 0.25) is 0 Å². The summed E-state index contributed by atoms with van der Waals surface area (Å²) in [5.41, 5.74) is 4.54. The number of fused-ring (bicyclic) bond motifs is 3. The molecule has 3 heteroatoms. The zero-order valence-electron chi connectivity index (χ0n) is 13.4. The third kappa shape index (κ3) is 2.66. The van der Waals surface area contributed by atoms with Gasteiger partial charge in [0.25, 0.3) is 0 Å². The van der Waals surface area contributed by atoms with Crippen LogP contribution in [-0.4, -0.2) is 11.6 Å². The van der Waals surface area contributed by atoms with E-state index in [1.54, 1.807) is 25.2 Å². The van der Waals surface area contributed by atoms with Crippen molar-refractivity contribution in [1.29, 1.82) is 0 Å². The zero-order valence-corrected chi connectivity index (χ0v) is 14.3. The minimum atomic E-state index is 0.0979. The van der Waals surface area contributed by atoms with Crippen LogP contribution in [0.5, 0.6) is 0 Å². The molecule has 0 saturated heterocycles. The van der Waals surface area contributed by atoms with Crippen LogP contribution in [0.3, 0.4) is 0 Å². The fourth-order valence-corrected chi connectivity index (χ4v) is 4.37. The average Bonchev–Trinajstić information content (AvgIpc) is 2.76. The lowest BCUT2D eigenvalue weighted by Gasteiger charge is -2.23. The van der Waals surface area contributed by atoms with E-state index in [9.17, 15) is 9.59 Å². The molecule has 0 aliphatic heterocycles. The van der Waals surface area contributed by atoms with E-state index < -0.39 is 0 Å². The van der Waals surface area contributed by atoms with Gasteiger partial charge in [-0.05, 0) is 60.9 Å². The van der Waals surface area contributed by atoms with Crippen LogP contribution >= 0.6 is 11.3 Å². The Kier molecular flexibility index (Phi) is 3.56. The van der Waals surface area contributed by atoms with Crippen molar-refractivity contribution in [2.45, 2.75) is 40.5 Å². The van der Waals surface area contributed by atoms with Gasteiger partial charge >= 0.3 is 0 Å². The Morgan fingerprint density at radius 2 is 1.68 bits per heavy atom. The maximum absolute atomic E-state index is 11.7. The van der Waals surface area contributed by atoms with Crippen LogP contribution in [0.15, 0.2) is 24.3 Å². The van der Waals surface area contributed by atoms with Gasteiger partial charge in [0.2, 0.25) is 0 Å². The number of hydrogen-bond donors (Lipinski definition) is 0. The van der Waals surface area contributed by atoms with Gasteiger partial charge in [-0.15, -0.1) is 11.3 Å². The van der Waals surface area contributed by atoms with Crippen molar-refractivity contribution in [3.8, 4) is 10.4 Å². The van der Waals surface area contributed by atoms with Crippen LogP contribution in [-0.2, 0) is 12.8 Å².